The molecule has 0 unspecified atom stereocenters. The van der Waals surface area contributed by atoms with Gasteiger partial charge in [0.2, 0.25) is 0 Å². The van der Waals surface area contributed by atoms with Crippen molar-refractivity contribution >= 4 is 55.9 Å². The number of halogens is 2. The predicted molar refractivity (Wildman–Crippen MR) is 138 cm³/mol. The maximum Gasteiger partial charge on any atom is 0.274 e. The van der Waals surface area contributed by atoms with Crippen LogP contribution in [0, 0.1) is 19.7 Å². The topological polar surface area (TPSA) is 39.3 Å². The molecule has 0 aliphatic rings. The quantitative estimate of drug-likeness (QED) is 0.313. The molecule has 7 heteroatoms. The number of nitrogens with zero attached hydrogens (tertiary/aromatic N) is 3. The van der Waals surface area contributed by atoms with Crippen LogP contribution in [0.5, 0.6) is 0 Å². The summed E-state index contributed by atoms with van der Waals surface area (Å²) in [5.41, 5.74) is 6.12. The molecule has 0 radical (unpaired) electrons. The second-order valence-corrected chi connectivity index (χ2v) is 9.92. The summed E-state index contributed by atoms with van der Waals surface area (Å²) in [5.74, 6) is -0.338. The van der Waals surface area contributed by atoms with Crippen LogP contribution in [0.15, 0.2) is 65.6 Å². The molecule has 0 aliphatic heterocycles. The monoisotopic (exact) mass is 487 g/mol. The highest BCUT2D eigenvalue weighted by atomic mass is 35.5. The first-order chi connectivity index (χ1) is 16.4. The fourth-order valence-corrected chi connectivity index (χ4v) is 5.64. The minimum Gasteiger partial charge on any atom is -0.342 e. The van der Waals surface area contributed by atoms with Gasteiger partial charge in [-0.05, 0) is 61.4 Å². The van der Waals surface area contributed by atoms with E-state index in [2.05, 4.69) is 4.98 Å². The molecular formula is C27H19ClFN3OS. The Kier molecular flexibility index (Phi) is 4.83. The molecular weight excluding hydrogens is 469 g/mol. The van der Waals surface area contributed by atoms with Crippen LogP contribution in [-0.2, 0) is 6.54 Å². The van der Waals surface area contributed by atoms with Crippen molar-refractivity contribution < 1.29 is 4.39 Å². The van der Waals surface area contributed by atoms with E-state index in [0.717, 1.165) is 38.6 Å². The Morgan fingerprint density at radius 2 is 1.85 bits per heavy atom. The predicted octanol–water partition coefficient (Wildman–Crippen LogP) is 5.87. The molecule has 0 amide bonds. The van der Waals surface area contributed by atoms with Crippen LogP contribution in [0.25, 0.3) is 33.0 Å². The highest BCUT2D eigenvalue weighted by molar-refractivity contribution is 7.15. The van der Waals surface area contributed by atoms with Crippen molar-refractivity contribution in [3.63, 3.8) is 0 Å². The van der Waals surface area contributed by atoms with Crippen LogP contribution in [0.1, 0.15) is 22.3 Å². The maximum atomic E-state index is 14.5. The largest absolute Gasteiger partial charge is 0.342 e. The number of imidazole rings is 1. The highest BCUT2D eigenvalue weighted by Crippen LogP contribution is 2.27. The molecule has 0 atom stereocenters. The van der Waals surface area contributed by atoms with Gasteiger partial charge in [0.15, 0.2) is 4.96 Å². The summed E-state index contributed by atoms with van der Waals surface area (Å²) in [6, 6.07) is 16.6. The first-order valence-electron chi connectivity index (χ1n) is 10.9. The third-order valence-corrected chi connectivity index (χ3v) is 7.67. The average Bonchev–Trinajstić information content (AvgIpc) is 3.43. The van der Waals surface area contributed by atoms with Crippen LogP contribution in [-0.4, -0.2) is 14.0 Å². The van der Waals surface area contributed by atoms with E-state index in [-0.39, 0.29) is 11.4 Å². The SMILES string of the molecule is Cc1cc2nc3s/c(=C\c4cn(Cc5c(F)cccc5Cl)c5ccccc45)c(=O)n3c2cc1C. The number of hydrogen-bond acceptors (Lipinski definition) is 3. The van der Waals surface area contributed by atoms with Gasteiger partial charge in [0.1, 0.15) is 5.82 Å². The Morgan fingerprint density at radius 1 is 1.06 bits per heavy atom. The molecule has 0 bridgehead atoms. The normalized spacial score (nSPS) is 12.5. The summed E-state index contributed by atoms with van der Waals surface area (Å²) in [6.45, 7) is 4.37. The molecule has 6 rings (SSSR count). The van der Waals surface area contributed by atoms with E-state index >= 15 is 0 Å². The Balaban J connectivity index is 1.54. The molecule has 0 fully saturated rings. The number of hydrogen-bond donors (Lipinski definition) is 0. The summed E-state index contributed by atoms with van der Waals surface area (Å²) in [6.07, 6.45) is 3.84. The first kappa shape index (κ1) is 21.1. The van der Waals surface area contributed by atoms with Gasteiger partial charge in [-0.15, -0.1) is 0 Å². The average molecular weight is 488 g/mol. The van der Waals surface area contributed by atoms with E-state index in [1.54, 1.807) is 16.5 Å². The van der Waals surface area contributed by atoms with Crippen molar-refractivity contribution in [2.75, 3.05) is 0 Å². The molecule has 168 valence electrons. The van der Waals surface area contributed by atoms with E-state index in [1.165, 1.54) is 17.4 Å². The molecule has 3 aromatic carbocycles. The van der Waals surface area contributed by atoms with Crippen LogP contribution < -0.4 is 10.1 Å². The zero-order valence-corrected chi connectivity index (χ0v) is 20.0. The molecule has 0 N–H and O–H groups in total. The number of thiazole rings is 1. The molecule has 0 saturated heterocycles. The van der Waals surface area contributed by atoms with E-state index in [4.69, 9.17) is 11.6 Å². The van der Waals surface area contributed by atoms with E-state index in [1.807, 2.05) is 67.1 Å². The molecule has 3 heterocycles. The van der Waals surface area contributed by atoms with Crippen molar-refractivity contribution in [1.29, 1.82) is 0 Å². The van der Waals surface area contributed by atoms with Crippen LogP contribution >= 0.6 is 22.9 Å². The molecule has 0 spiro atoms. The van der Waals surface area contributed by atoms with Crippen LogP contribution in [0.3, 0.4) is 0 Å². The minimum atomic E-state index is -0.338. The summed E-state index contributed by atoms with van der Waals surface area (Å²) in [7, 11) is 0. The lowest BCUT2D eigenvalue weighted by atomic mass is 10.1. The van der Waals surface area contributed by atoms with Gasteiger partial charge in [0.25, 0.3) is 5.56 Å². The lowest BCUT2D eigenvalue weighted by Crippen LogP contribution is -2.22. The lowest BCUT2D eigenvalue weighted by Gasteiger charge is -2.08. The smallest absolute Gasteiger partial charge is 0.274 e. The van der Waals surface area contributed by atoms with Gasteiger partial charge >= 0.3 is 0 Å². The Bertz CT molecular complexity index is 1840. The Hall–Kier alpha value is -3.48. The number of para-hydroxylation sites is 1. The number of benzene rings is 3. The third kappa shape index (κ3) is 3.25. The number of aryl methyl sites for hydroxylation is 2. The standard InChI is InChI=1S/C27H19ClFN3OS/c1-15-10-22-24(11-16(15)2)32-26(33)25(34-27(32)30-22)12-17-13-31(23-9-4-3-6-18(17)23)14-19-20(28)7-5-8-21(19)29/h3-13H,14H2,1-2H3/b25-12-. The van der Waals surface area contributed by atoms with Crippen molar-refractivity contribution in [3.05, 3.63) is 109 Å². The lowest BCUT2D eigenvalue weighted by molar-refractivity contribution is 0.602. The fourth-order valence-electron chi connectivity index (χ4n) is 4.43. The van der Waals surface area contributed by atoms with Gasteiger partial charge < -0.3 is 4.57 Å². The Labute approximate surface area is 203 Å². The van der Waals surface area contributed by atoms with Gasteiger partial charge in [0.05, 0.1) is 22.1 Å². The van der Waals surface area contributed by atoms with Gasteiger partial charge in [-0.3, -0.25) is 4.79 Å². The highest BCUT2D eigenvalue weighted by Gasteiger charge is 2.15. The van der Waals surface area contributed by atoms with Crippen LogP contribution in [0.2, 0.25) is 5.02 Å². The molecule has 0 aliphatic carbocycles. The molecule has 4 nitrogen and oxygen atoms in total. The molecule has 3 aromatic heterocycles. The second-order valence-electron chi connectivity index (χ2n) is 8.50. The number of fused-ring (bicyclic) bond motifs is 4. The second kappa shape index (κ2) is 7.79. The van der Waals surface area contributed by atoms with Crippen molar-refractivity contribution in [3.8, 4) is 0 Å². The number of aromatic nitrogens is 3. The van der Waals surface area contributed by atoms with E-state index in [9.17, 15) is 9.18 Å². The molecule has 34 heavy (non-hydrogen) atoms. The van der Waals surface area contributed by atoms with Gasteiger partial charge in [-0.25, -0.2) is 13.8 Å². The molecule has 0 saturated carbocycles. The molecule has 6 aromatic rings. The third-order valence-electron chi connectivity index (χ3n) is 6.35. The zero-order chi connectivity index (χ0) is 23.6. The van der Waals surface area contributed by atoms with E-state index in [0.29, 0.717) is 26.6 Å². The van der Waals surface area contributed by atoms with Gasteiger partial charge in [-0.2, -0.15) is 0 Å². The van der Waals surface area contributed by atoms with Crippen molar-refractivity contribution in [1.82, 2.24) is 14.0 Å². The fraction of sp³-hybridized carbons (Fsp3) is 0.111. The van der Waals surface area contributed by atoms with Crippen LogP contribution in [0.4, 0.5) is 4.39 Å². The number of rotatable bonds is 3. The maximum absolute atomic E-state index is 14.5. The van der Waals surface area contributed by atoms with Gasteiger partial charge in [-0.1, -0.05) is 47.2 Å². The summed E-state index contributed by atoms with van der Waals surface area (Å²) < 4.78 is 18.7. The van der Waals surface area contributed by atoms with Crippen molar-refractivity contribution in [2.45, 2.75) is 20.4 Å². The Morgan fingerprint density at radius 3 is 2.68 bits per heavy atom. The van der Waals surface area contributed by atoms with E-state index < -0.39 is 0 Å². The van der Waals surface area contributed by atoms with Gasteiger partial charge in [0, 0.05) is 33.2 Å². The van der Waals surface area contributed by atoms with Crippen molar-refractivity contribution in [2.24, 2.45) is 0 Å². The zero-order valence-electron chi connectivity index (χ0n) is 18.5. The summed E-state index contributed by atoms with van der Waals surface area (Å²) in [4.78, 5) is 18.7. The summed E-state index contributed by atoms with van der Waals surface area (Å²) >= 11 is 7.65. The first-order valence-corrected chi connectivity index (χ1v) is 12.0. The minimum absolute atomic E-state index is 0.0836. The summed E-state index contributed by atoms with van der Waals surface area (Å²) in [5, 5.41) is 1.37.